The summed E-state index contributed by atoms with van der Waals surface area (Å²) in [4.78, 5) is 4.30. The molecule has 1 aliphatic rings. The van der Waals surface area contributed by atoms with E-state index in [0.717, 1.165) is 18.9 Å². The van der Waals surface area contributed by atoms with Crippen LogP contribution < -0.4 is 10.6 Å². The Kier molecular flexibility index (Phi) is 2.45. The lowest BCUT2D eigenvalue weighted by Gasteiger charge is -2.08. The van der Waals surface area contributed by atoms with Gasteiger partial charge in [0, 0.05) is 19.8 Å². The minimum atomic E-state index is 0.665. The van der Waals surface area contributed by atoms with Crippen molar-refractivity contribution in [2.75, 3.05) is 25.5 Å². The average molecular weight is 177 g/mol. The Hall–Kier alpha value is -1.09. The molecule has 1 fully saturated rings. The van der Waals surface area contributed by atoms with E-state index in [0.29, 0.717) is 5.92 Å². The third kappa shape index (κ3) is 1.80. The molecule has 13 heavy (non-hydrogen) atoms. The molecule has 2 N–H and O–H groups in total. The van der Waals surface area contributed by atoms with Gasteiger partial charge in [-0.2, -0.15) is 0 Å². The normalized spacial score (nSPS) is 21.8. The Morgan fingerprint density at radius 2 is 2.46 bits per heavy atom. The zero-order valence-electron chi connectivity index (χ0n) is 7.88. The molecule has 2 heterocycles. The van der Waals surface area contributed by atoms with E-state index in [1.165, 1.54) is 12.0 Å². The molecule has 1 aromatic heterocycles. The van der Waals surface area contributed by atoms with Crippen LogP contribution in [-0.4, -0.2) is 25.1 Å². The SMILES string of the molecule is CNc1ccc(C2CCNC2)cn1. The van der Waals surface area contributed by atoms with Gasteiger partial charge in [-0.25, -0.2) is 4.98 Å². The fourth-order valence-electron chi connectivity index (χ4n) is 1.73. The summed E-state index contributed by atoms with van der Waals surface area (Å²) in [6, 6.07) is 4.20. The number of aromatic nitrogens is 1. The molecule has 1 aromatic rings. The Morgan fingerprint density at radius 1 is 1.54 bits per heavy atom. The van der Waals surface area contributed by atoms with Crippen LogP contribution in [0, 0.1) is 0 Å². The molecule has 1 saturated heterocycles. The molecule has 0 spiro atoms. The van der Waals surface area contributed by atoms with E-state index in [2.05, 4.69) is 21.7 Å². The fraction of sp³-hybridized carbons (Fsp3) is 0.500. The van der Waals surface area contributed by atoms with E-state index >= 15 is 0 Å². The summed E-state index contributed by atoms with van der Waals surface area (Å²) in [6.07, 6.45) is 3.21. The smallest absolute Gasteiger partial charge is 0.125 e. The van der Waals surface area contributed by atoms with E-state index in [1.54, 1.807) is 0 Å². The second-order valence-electron chi connectivity index (χ2n) is 3.42. The maximum absolute atomic E-state index is 4.30. The maximum atomic E-state index is 4.30. The first kappa shape index (κ1) is 8.51. The lowest BCUT2D eigenvalue weighted by molar-refractivity contribution is 0.759. The number of nitrogens with one attached hydrogen (secondary N) is 2. The van der Waals surface area contributed by atoms with E-state index in [9.17, 15) is 0 Å². The third-order valence-corrected chi connectivity index (χ3v) is 2.57. The lowest BCUT2D eigenvalue weighted by atomic mass is 10.0. The van der Waals surface area contributed by atoms with Crippen LogP contribution in [0.3, 0.4) is 0 Å². The number of hydrogen-bond acceptors (Lipinski definition) is 3. The fourth-order valence-corrected chi connectivity index (χ4v) is 1.73. The summed E-state index contributed by atoms with van der Waals surface area (Å²) in [5, 5.41) is 6.37. The summed E-state index contributed by atoms with van der Waals surface area (Å²) in [7, 11) is 1.89. The van der Waals surface area contributed by atoms with Gasteiger partial charge < -0.3 is 10.6 Å². The summed E-state index contributed by atoms with van der Waals surface area (Å²) >= 11 is 0. The maximum Gasteiger partial charge on any atom is 0.125 e. The van der Waals surface area contributed by atoms with Crippen molar-refractivity contribution in [1.82, 2.24) is 10.3 Å². The van der Waals surface area contributed by atoms with Gasteiger partial charge in [-0.1, -0.05) is 6.07 Å². The molecule has 0 saturated carbocycles. The molecule has 0 aliphatic carbocycles. The zero-order valence-corrected chi connectivity index (χ0v) is 7.88. The van der Waals surface area contributed by atoms with Crippen molar-refractivity contribution in [2.45, 2.75) is 12.3 Å². The van der Waals surface area contributed by atoms with E-state index in [1.807, 2.05) is 19.3 Å². The predicted octanol–water partition coefficient (Wildman–Crippen LogP) is 1.20. The molecule has 1 atom stereocenters. The largest absolute Gasteiger partial charge is 0.373 e. The first-order valence-electron chi connectivity index (χ1n) is 4.74. The Labute approximate surface area is 78.6 Å². The number of nitrogens with zero attached hydrogens (tertiary/aromatic N) is 1. The summed E-state index contributed by atoms with van der Waals surface area (Å²) in [5.74, 6) is 1.60. The van der Waals surface area contributed by atoms with Gasteiger partial charge in [0.15, 0.2) is 0 Å². The van der Waals surface area contributed by atoms with Gasteiger partial charge in [0.1, 0.15) is 5.82 Å². The molecular formula is C10H15N3. The third-order valence-electron chi connectivity index (χ3n) is 2.57. The highest BCUT2D eigenvalue weighted by Crippen LogP contribution is 2.21. The van der Waals surface area contributed by atoms with E-state index < -0.39 is 0 Å². The van der Waals surface area contributed by atoms with Crippen molar-refractivity contribution in [1.29, 1.82) is 0 Å². The number of pyridine rings is 1. The quantitative estimate of drug-likeness (QED) is 0.712. The van der Waals surface area contributed by atoms with Crippen molar-refractivity contribution < 1.29 is 0 Å². The van der Waals surface area contributed by atoms with Crippen molar-refractivity contribution in [3.63, 3.8) is 0 Å². The topological polar surface area (TPSA) is 37.0 Å². The van der Waals surface area contributed by atoms with Gasteiger partial charge in [-0.05, 0) is 30.5 Å². The van der Waals surface area contributed by atoms with Crippen LogP contribution in [0.25, 0.3) is 0 Å². The molecule has 3 heteroatoms. The van der Waals surface area contributed by atoms with Crippen LogP contribution in [0.5, 0.6) is 0 Å². The van der Waals surface area contributed by atoms with Crippen LogP contribution in [0.2, 0.25) is 0 Å². The second-order valence-corrected chi connectivity index (χ2v) is 3.42. The highest BCUT2D eigenvalue weighted by atomic mass is 14.9. The molecule has 1 unspecified atom stereocenters. The average Bonchev–Trinajstić information content (AvgIpc) is 2.71. The summed E-state index contributed by atoms with van der Waals surface area (Å²) in [6.45, 7) is 2.24. The van der Waals surface area contributed by atoms with Crippen molar-refractivity contribution in [3.05, 3.63) is 23.9 Å². The lowest BCUT2D eigenvalue weighted by Crippen LogP contribution is -2.08. The Morgan fingerprint density at radius 3 is 3.00 bits per heavy atom. The molecule has 0 bridgehead atoms. The zero-order chi connectivity index (χ0) is 9.10. The molecule has 0 aromatic carbocycles. The summed E-state index contributed by atoms with van der Waals surface area (Å²) < 4.78 is 0. The standard InChI is InChI=1S/C10H15N3/c1-11-10-3-2-8(7-13-10)9-4-5-12-6-9/h2-3,7,9,12H,4-6H2,1H3,(H,11,13). The molecule has 3 nitrogen and oxygen atoms in total. The summed E-state index contributed by atoms with van der Waals surface area (Å²) in [5.41, 5.74) is 1.35. The van der Waals surface area contributed by atoms with E-state index in [-0.39, 0.29) is 0 Å². The Balaban J connectivity index is 2.12. The number of rotatable bonds is 2. The van der Waals surface area contributed by atoms with Gasteiger partial charge in [-0.15, -0.1) is 0 Å². The minimum Gasteiger partial charge on any atom is -0.373 e. The van der Waals surface area contributed by atoms with Crippen LogP contribution in [0.4, 0.5) is 5.82 Å². The van der Waals surface area contributed by atoms with Crippen molar-refractivity contribution in [2.24, 2.45) is 0 Å². The number of anilines is 1. The highest BCUT2D eigenvalue weighted by Gasteiger charge is 2.16. The van der Waals surface area contributed by atoms with Crippen LogP contribution in [-0.2, 0) is 0 Å². The van der Waals surface area contributed by atoms with Crippen LogP contribution in [0.1, 0.15) is 17.9 Å². The molecule has 0 radical (unpaired) electrons. The van der Waals surface area contributed by atoms with Gasteiger partial charge in [0.05, 0.1) is 0 Å². The second kappa shape index (κ2) is 3.75. The van der Waals surface area contributed by atoms with Gasteiger partial charge in [0.2, 0.25) is 0 Å². The minimum absolute atomic E-state index is 0.665. The van der Waals surface area contributed by atoms with Gasteiger partial charge in [-0.3, -0.25) is 0 Å². The monoisotopic (exact) mass is 177 g/mol. The Bertz CT molecular complexity index is 262. The molecule has 70 valence electrons. The number of hydrogen-bond donors (Lipinski definition) is 2. The van der Waals surface area contributed by atoms with Crippen molar-refractivity contribution in [3.8, 4) is 0 Å². The van der Waals surface area contributed by atoms with Gasteiger partial charge in [0.25, 0.3) is 0 Å². The molecule has 2 rings (SSSR count). The molecule has 0 amide bonds. The molecule has 1 aliphatic heterocycles. The first-order valence-corrected chi connectivity index (χ1v) is 4.74. The predicted molar refractivity (Wildman–Crippen MR) is 54.0 cm³/mol. The van der Waals surface area contributed by atoms with Gasteiger partial charge >= 0.3 is 0 Å². The van der Waals surface area contributed by atoms with Crippen LogP contribution >= 0.6 is 0 Å². The van der Waals surface area contributed by atoms with E-state index in [4.69, 9.17) is 0 Å². The van der Waals surface area contributed by atoms with Crippen LogP contribution in [0.15, 0.2) is 18.3 Å². The van der Waals surface area contributed by atoms with Crippen molar-refractivity contribution >= 4 is 5.82 Å². The molecular weight excluding hydrogens is 162 g/mol. The highest BCUT2D eigenvalue weighted by molar-refractivity contribution is 5.35. The first-order chi connectivity index (χ1) is 6.40.